The Hall–Kier alpha value is -6.53. The molecule has 1 unspecified atom stereocenters. The minimum Gasteiger partial charge on any atom is -0.497 e. The molecule has 1 saturated heterocycles. The van der Waals surface area contributed by atoms with Crippen LogP contribution in [0.3, 0.4) is 0 Å². The van der Waals surface area contributed by atoms with Gasteiger partial charge in [-0.05, 0) is 52.1 Å². The van der Waals surface area contributed by atoms with Crippen molar-refractivity contribution < 1.29 is 28.7 Å². The molecule has 0 spiro atoms. The number of oxime groups is 1. The monoisotopic (exact) mass is 925 g/mol. The number of nitrogens with one attached hydrogen (secondary N) is 2. The lowest BCUT2D eigenvalue weighted by Gasteiger charge is -2.49. The molecule has 2 aliphatic rings. The van der Waals surface area contributed by atoms with Crippen LogP contribution < -0.4 is 15.4 Å². The van der Waals surface area contributed by atoms with Crippen LogP contribution in [-0.2, 0) is 36.1 Å². The number of pyridine rings is 1. The lowest BCUT2D eigenvalue weighted by molar-refractivity contribution is -0.153. The quantitative estimate of drug-likeness (QED) is 0.0240. The van der Waals surface area contributed by atoms with Gasteiger partial charge in [-0.2, -0.15) is 0 Å². The van der Waals surface area contributed by atoms with Crippen molar-refractivity contribution in [3.63, 3.8) is 0 Å². The molecule has 2 amide bonds. The van der Waals surface area contributed by atoms with Gasteiger partial charge < -0.3 is 24.9 Å². The predicted molar refractivity (Wildman–Crippen MR) is 251 cm³/mol. The number of carbonyl (C=O) groups excluding carboxylic acids is 3. The van der Waals surface area contributed by atoms with Crippen molar-refractivity contribution >= 4 is 85.2 Å². The van der Waals surface area contributed by atoms with Crippen molar-refractivity contribution in [2.75, 3.05) is 31.0 Å². The normalized spacial score (nSPS) is 16.2. The van der Waals surface area contributed by atoms with Gasteiger partial charge in [-0.1, -0.05) is 120 Å². The fourth-order valence-corrected chi connectivity index (χ4v) is 11.8. The van der Waals surface area contributed by atoms with E-state index in [4.69, 9.17) is 19.3 Å². The lowest BCUT2D eigenvalue weighted by Crippen LogP contribution is -2.71. The second-order valence-electron chi connectivity index (χ2n) is 14.5. The van der Waals surface area contributed by atoms with Crippen molar-refractivity contribution in [2.24, 2.45) is 5.16 Å². The number of fused-ring (bicyclic) bond motifs is 2. The minimum atomic E-state index is -0.966. The van der Waals surface area contributed by atoms with E-state index in [0.717, 1.165) is 36.9 Å². The van der Waals surface area contributed by atoms with Gasteiger partial charge >= 0.3 is 5.97 Å². The zero-order valence-corrected chi connectivity index (χ0v) is 37.6. The molecule has 1 fully saturated rings. The number of esters is 1. The highest BCUT2D eigenvalue weighted by Gasteiger charge is 2.55. The highest BCUT2D eigenvalue weighted by atomic mass is 32.2. The molecule has 4 aromatic carbocycles. The first kappa shape index (κ1) is 42.8. The van der Waals surface area contributed by atoms with Crippen molar-refractivity contribution in [2.45, 2.75) is 27.9 Å². The van der Waals surface area contributed by atoms with Crippen LogP contribution in [0, 0.1) is 0 Å². The number of anilines is 1. The van der Waals surface area contributed by atoms with Crippen LogP contribution >= 0.6 is 46.2 Å². The summed E-state index contributed by atoms with van der Waals surface area (Å²) in [6, 6.07) is 40.4. The maximum absolute atomic E-state index is 14.1. The smallest absolute Gasteiger partial charge is 0.355 e. The van der Waals surface area contributed by atoms with Crippen LogP contribution in [0.2, 0.25) is 0 Å². The van der Waals surface area contributed by atoms with Crippen LogP contribution in [-0.4, -0.2) is 80.5 Å². The van der Waals surface area contributed by atoms with Crippen LogP contribution in [0.5, 0.6) is 5.75 Å². The van der Waals surface area contributed by atoms with E-state index in [-0.39, 0.29) is 23.7 Å². The molecule has 0 bridgehead atoms. The lowest BCUT2D eigenvalue weighted by atomic mass is 9.77. The number of amides is 2. The first-order valence-corrected chi connectivity index (χ1v) is 23.7. The first-order chi connectivity index (χ1) is 31.4. The molecule has 322 valence electrons. The van der Waals surface area contributed by atoms with E-state index >= 15 is 0 Å². The largest absolute Gasteiger partial charge is 0.497 e. The number of nitrogens with zero attached hydrogens (tertiary/aromatic N) is 5. The summed E-state index contributed by atoms with van der Waals surface area (Å²) in [5.41, 5.74) is 4.53. The van der Waals surface area contributed by atoms with Gasteiger partial charge in [-0.25, -0.2) is 19.7 Å². The highest BCUT2D eigenvalue weighted by molar-refractivity contribution is 8.02. The minimum absolute atomic E-state index is 0.0131. The number of thioether (sulfide) groups is 2. The summed E-state index contributed by atoms with van der Waals surface area (Å²) in [5.74, 6) is -0.271. The molecule has 9 rings (SSSR count). The fraction of sp³-hybridized carbons (Fsp3) is 0.170. The Balaban J connectivity index is 0.955. The summed E-state index contributed by atoms with van der Waals surface area (Å²) in [6.07, 6.45) is 1.70. The Bertz CT molecular complexity index is 2730. The molecule has 0 aliphatic carbocycles. The molecule has 2 aliphatic heterocycles. The van der Waals surface area contributed by atoms with Crippen molar-refractivity contribution in [3.05, 3.63) is 178 Å². The van der Waals surface area contributed by atoms with Gasteiger partial charge in [0, 0.05) is 23.1 Å². The first-order valence-electron chi connectivity index (χ1n) is 20.0. The number of benzene rings is 4. The molecule has 2 atom stereocenters. The van der Waals surface area contributed by atoms with E-state index in [2.05, 4.69) is 62.2 Å². The molecule has 17 heteroatoms. The summed E-state index contributed by atoms with van der Waals surface area (Å²) in [6.45, 7) is -0.0131. The number of aromatic nitrogens is 3. The molecule has 0 radical (unpaired) electrons. The Labute approximate surface area is 385 Å². The number of thiazole rings is 2. The Morgan fingerprint density at radius 2 is 1.55 bits per heavy atom. The number of ether oxygens (including phenoxy) is 2. The molecular formula is C47H39N7O6S4. The maximum atomic E-state index is 14.1. The third kappa shape index (κ3) is 8.58. The van der Waals surface area contributed by atoms with E-state index in [1.54, 1.807) is 30.8 Å². The standard InChI is InChI=1S/C47H39N7O6S4/c1-58-34-22-20-29(21-23-34)25-60-44(57)39-30(27-63-46-51-40-36(64-46)19-12-24-48-40)26-61-43-38(42(56)54(39)43)50-41(55)37(53-59-2)35-28-62-45(49-35)52-47(31-13-6-3-7-14-31,32-15-8-4-9-16-32)33-17-10-5-11-18-33/h3-24,28,38,43H,25-27H2,1-2H3,(H,49,52)(H,50,55)/b53-37+/t38?,43-/m1/s1. The molecule has 13 nitrogen and oxygen atoms in total. The van der Waals surface area contributed by atoms with Crippen molar-refractivity contribution in [1.29, 1.82) is 0 Å². The van der Waals surface area contributed by atoms with Crippen molar-refractivity contribution in [1.82, 2.24) is 25.2 Å². The number of β-lactam (4-membered cyclic amide) rings is 1. The number of methoxy groups -OCH3 is 1. The van der Waals surface area contributed by atoms with Gasteiger partial charge in [0.25, 0.3) is 11.8 Å². The van der Waals surface area contributed by atoms with Crippen LogP contribution in [0.25, 0.3) is 10.3 Å². The maximum Gasteiger partial charge on any atom is 0.355 e. The summed E-state index contributed by atoms with van der Waals surface area (Å²) in [4.78, 5) is 62.7. The second-order valence-corrected chi connectivity index (χ2v) is 18.7. The number of hydrogen-bond donors (Lipinski definition) is 2. The average molecular weight is 926 g/mol. The predicted octanol–water partition coefficient (Wildman–Crippen LogP) is 8.10. The van der Waals surface area contributed by atoms with E-state index < -0.39 is 34.7 Å². The fourth-order valence-electron chi connectivity index (χ4n) is 7.57. The number of carbonyl (C=O) groups is 3. The molecule has 5 heterocycles. The third-order valence-electron chi connectivity index (χ3n) is 10.6. The highest BCUT2D eigenvalue weighted by Crippen LogP contribution is 2.44. The van der Waals surface area contributed by atoms with Crippen LogP contribution in [0.1, 0.15) is 27.9 Å². The molecule has 64 heavy (non-hydrogen) atoms. The van der Waals surface area contributed by atoms with Crippen molar-refractivity contribution in [3.8, 4) is 5.75 Å². The zero-order chi connectivity index (χ0) is 44.0. The third-order valence-corrected chi connectivity index (χ3v) is 15.0. The summed E-state index contributed by atoms with van der Waals surface area (Å²) < 4.78 is 12.8. The zero-order valence-electron chi connectivity index (χ0n) is 34.4. The second kappa shape index (κ2) is 19.1. The van der Waals surface area contributed by atoms with Gasteiger partial charge in [0.15, 0.2) is 20.8 Å². The summed E-state index contributed by atoms with van der Waals surface area (Å²) in [7, 11) is 2.92. The van der Waals surface area contributed by atoms with Crippen LogP contribution in [0.15, 0.2) is 160 Å². The van der Waals surface area contributed by atoms with E-state index in [1.807, 2.05) is 78.9 Å². The Morgan fingerprint density at radius 1 is 0.875 bits per heavy atom. The number of rotatable bonds is 16. The molecule has 7 aromatic rings. The summed E-state index contributed by atoms with van der Waals surface area (Å²) >= 11 is 5.74. The molecule has 2 N–H and O–H groups in total. The Kier molecular flexibility index (Phi) is 12.7. The number of hydrogen-bond acceptors (Lipinski definition) is 15. The van der Waals surface area contributed by atoms with Crippen LogP contribution in [0.4, 0.5) is 5.13 Å². The topological polar surface area (TPSA) is 157 Å². The van der Waals surface area contributed by atoms with Gasteiger partial charge in [0.05, 0.1) is 11.8 Å². The molecular weight excluding hydrogens is 887 g/mol. The average Bonchev–Trinajstić information content (AvgIpc) is 4.00. The SMILES string of the molecule is CO/N=C(/C(=O)NC1C(=O)N2C(C(=O)OCc3ccc(OC)cc3)=C(CSc3nc4ncccc4s3)CS[C@H]12)c1csc(NC(c2ccccc2)(c2ccccc2)c2ccccc2)n1. The van der Waals surface area contributed by atoms with E-state index in [0.29, 0.717) is 28.0 Å². The molecule has 3 aromatic heterocycles. The van der Waals surface area contributed by atoms with Gasteiger partial charge in [0.1, 0.15) is 47.8 Å². The van der Waals surface area contributed by atoms with Gasteiger partial charge in [-0.15, -0.1) is 34.4 Å². The van der Waals surface area contributed by atoms with Gasteiger partial charge in [-0.3, -0.25) is 14.5 Å². The molecule has 0 saturated carbocycles. The summed E-state index contributed by atoms with van der Waals surface area (Å²) in [5, 5.41) is 12.4. The Morgan fingerprint density at radius 3 is 2.17 bits per heavy atom. The van der Waals surface area contributed by atoms with Gasteiger partial charge in [0.2, 0.25) is 0 Å². The van der Waals surface area contributed by atoms with E-state index in [1.165, 1.54) is 58.2 Å². The van der Waals surface area contributed by atoms with E-state index in [9.17, 15) is 14.4 Å².